The van der Waals surface area contributed by atoms with Gasteiger partial charge in [-0.3, -0.25) is 4.79 Å². The Kier molecular flexibility index (Phi) is 6.37. The van der Waals surface area contributed by atoms with Crippen molar-refractivity contribution < 1.29 is 9.59 Å². The topological polar surface area (TPSA) is 97.1 Å². The van der Waals surface area contributed by atoms with Gasteiger partial charge < -0.3 is 16.4 Å². The van der Waals surface area contributed by atoms with Crippen LogP contribution in [0.2, 0.25) is 0 Å². The fourth-order valence-corrected chi connectivity index (χ4v) is 3.44. The molecule has 2 atom stereocenters. The summed E-state index contributed by atoms with van der Waals surface area (Å²) in [5.41, 5.74) is 10.7. The van der Waals surface area contributed by atoms with E-state index in [1.165, 1.54) is 22.5 Å². The summed E-state index contributed by atoms with van der Waals surface area (Å²) in [6.07, 6.45) is 0.739. The maximum absolute atomic E-state index is 12.5. The molecular weight excluding hydrogens is 348 g/mol. The second-order valence-electron chi connectivity index (χ2n) is 6.65. The largest absolute Gasteiger partial charge is 0.352 e. The Balaban J connectivity index is 2.20. The van der Waals surface area contributed by atoms with Gasteiger partial charge in [0.1, 0.15) is 6.04 Å². The molecule has 0 aliphatic carbocycles. The van der Waals surface area contributed by atoms with Gasteiger partial charge in [-0.1, -0.05) is 26.3 Å². The van der Waals surface area contributed by atoms with E-state index in [0.29, 0.717) is 5.13 Å². The average Bonchev–Trinajstić information content (AvgIpc) is 3.03. The van der Waals surface area contributed by atoms with Crippen LogP contribution < -0.4 is 16.4 Å². The Bertz CT molecular complexity index is 816. The van der Waals surface area contributed by atoms with Gasteiger partial charge in [-0.05, 0) is 49.4 Å². The van der Waals surface area contributed by atoms with Crippen molar-refractivity contribution in [1.82, 2.24) is 10.3 Å². The minimum absolute atomic E-state index is 0.0380. The van der Waals surface area contributed by atoms with Gasteiger partial charge in [-0.25, -0.2) is 9.78 Å². The summed E-state index contributed by atoms with van der Waals surface area (Å²) < 4.78 is 0. The molecule has 1 aromatic heterocycles. The number of carbonyl (C=O) groups is 2. The van der Waals surface area contributed by atoms with Crippen molar-refractivity contribution in [1.29, 1.82) is 0 Å². The predicted molar refractivity (Wildman–Crippen MR) is 106 cm³/mol. The third-order valence-electron chi connectivity index (χ3n) is 4.64. The van der Waals surface area contributed by atoms with Crippen LogP contribution in [0.4, 0.5) is 9.93 Å². The molecule has 0 saturated heterocycles. The highest BCUT2D eigenvalue weighted by Gasteiger charge is 2.26. The normalized spacial score (nSPS) is 13.1. The molecule has 2 rings (SSSR count). The molecule has 0 spiro atoms. The van der Waals surface area contributed by atoms with Gasteiger partial charge in [0.15, 0.2) is 5.13 Å². The fourth-order valence-electron chi connectivity index (χ4n) is 2.73. The number of hydrogen-bond acceptors (Lipinski definition) is 4. The molecule has 1 heterocycles. The lowest BCUT2D eigenvalue weighted by Crippen LogP contribution is -2.49. The van der Waals surface area contributed by atoms with E-state index < -0.39 is 12.1 Å². The Morgan fingerprint density at radius 2 is 1.85 bits per heavy atom. The minimum atomic E-state index is -0.712. The number of amides is 3. The number of aryl methyl sites for hydroxylation is 3. The van der Waals surface area contributed by atoms with Crippen LogP contribution >= 0.6 is 11.3 Å². The first kappa shape index (κ1) is 19.9. The number of urea groups is 1. The summed E-state index contributed by atoms with van der Waals surface area (Å²) in [5, 5.41) is 7.74. The van der Waals surface area contributed by atoms with E-state index in [0.717, 1.165) is 23.2 Å². The maximum Gasteiger partial charge on any atom is 0.312 e. The van der Waals surface area contributed by atoms with Gasteiger partial charge in [0, 0.05) is 10.9 Å². The number of carbonyl (C=O) groups excluding carboxylic acids is 2. The molecule has 1 aromatic carbocycles. The van der Waals surface area contributed by atoms with Crippen molar-refractivity contribution in [2.45, 2.75) is 47.1 Å². The molecule has 0 aliphatic rings. The van der Waals surface area contributed by atoms with E-state index >= 15 is 0 Å². The van der Waals surface area contributed by atoms with Crippen molar-refractivity contribution >= 4 is 28.4 Å². The van der Waals surface area contributed by atoms with E-state index in [-0.39, 0.29) is 11.8 Å². The molecule has 0 bridgehead atoms. The van der Waals surface area contributed by atoms with E-state index in [2.05, 4.69) is 48.5 Å². The van der Waals surface area contributed by atoms with E-state index in [1.807, 2.05) is 19.2 Å². The van der Waals surface area contributed by atoms with Crippen LogP contribution in [0.1, 0.15) is 37.0 Å². The molecule has 3 amide bonds. The zero-order chi connectivity index (χ0) is 19.4. The van der Waals surface area contributed by atoms with Crippen LogP contribution in [0.3, 0.4) is 0 Å². The summed E-state index contributed by atoms with van der Waals surface area (Å²) in [6, 6.07) is 2.85. The molecule has 26 heavy (non-hydrogen) atoms. The zero-order valence-corrected chi connectivity index (χ0v) is 16.7. The molecule has 0 fully saturated rings. The highest BCUT2D eigenvalue weighted by Crippen LogP contribution is 2.29. The number of aromatic nitrogens is 1. The van der Waals surface area contributed by atoms with Crippen LogP contribution in [0.15, 0.2) is 17.5 Å². The fraction of sp³-hybridized carbons (Fsp3) is 0.421. The summed E-state index contributed by atoms with van der Waals surface area (Å²) in [4.78, 5) is 28.3. The minimum Gasteiger partial charge on any atom is -0.352 e. The van der Waals surface area contributed by atoms with Crippen molar-refractivity contribution in [3.05, 3.63) is 34.2 Å². The Morgan fingerprint density at radius 3 is 2.46 bits per heavy atom. The smallest absolute Gasteiger partial charge is 0.312 e. The summed E-state index contributed by atoms with van der Waals surface area (Å²) in [5.74, 6) is -0.347. The molecule has 0 unspecified atom stereocenters. The number of nitrogens with two attached hydrogens (primary N) is 1. The number of hydrogen-bond donors (Lipinski definition) is 3. The lowest BCUT2D eigenvalue weighted by Gasteiger charge is -2.21. The third kappa shape index (κ3) is 4.60. The molecule has 0 saturated carbocycles. The lowest BCUT2D eigenvalue weighted by atomic mass is 9.98. The number of nitrogens with zero attached hydrogens (tertiary/aromatic N) is 1. The monoisotopic (exact) mass is 374 g/mol. The summed E-state index contributed by atoms with van der Waals surface area (Å²) >= 11 is 1.36. The highest BCUT2D eigenvalue weighted by molar-refractivity contribution is 7.14. The lowest BCUT2D eigenvalue weighted by molar-refractivity contribution is -0.119. The number of thiazole rings is 1. The van der Waals surface area contributed by atoms with Gasteiger partial charge in [0.05, 0.1) is 5.69 Å². The van der Waals surface area contributed by atoms with Gasteiger partial charge in [0.2, 0.25) is 5.91 Å². The molecule has 0 radical (unpaired) electrons. The maximum atomic E-state index is 12.5. The second-order valence-corrected chi connectivity index (χ2v) is 7.51. The zero-order valence-electron chi connectivity index (χ0n) is 15.8. The Labute approximate surface area is 158 Å². The number of rotatable bonds is 6. The number of anilines is 1. The standard InChI is InChI=1S/C19H26N4O2S/c1-6-10(2)16(22-18(20)25)17(24)23-19-21-15(9-26-19)14-8-12(4)11(3)7-13(14)5/h7-10,16H,6H2,1-5H3,(H3,20,22,25)(H,21,23,24)/t10-,16-/m0/s1. The van der Waals surface area contributed by atoms with Gasteiger partial charge in [0.25, 0.3) is 0 Å². The van der Waals surface area contributed by atoms with E-state index in [1.54, 1.807) is 0 Å². The third-order valence-corrected chi connectivity index (χ3v) is 5.40. The molecule has 2 aromatic rings. The van der Waals surface area contributed by atoms with Gasteiger partial charge >= 0.3 is 6.03 Å². The first-order valence-corrected chi connectivity index (χ1v) is 9.51. The number of primary amides is 1. The summed E-state index contributed by atoms with van der Waals surface area (Å²) in [7, 11) is 0. The Morgan fingerprint density at radius 1 is 1.19 bits per heavy atom. The quantitative estimate of drug-likeness (QED) is 0.718. The molecule has 0 aliphatic heterocycles. The first-order valence-electron chi connectivity index (χ1n) is 8.63. The Hall–Kier alpha value is -2.41. The van der Waals surface area contributed by atoms with Gasteiger partial charge in [-0.15, -0.1) is 11.3 Å². The van der Waals surface area contributed by atoms with Crippen LogP contribution in [0, 0.1) is 26.7 Å². The molecular formula is C19H26N4O2S. The summed E-state index contributed by atoms with van der Waals surface area (Å²) in [6.45, 7) is 10.1. The van der Waals surface area contributed by atoms with Crippen molar-refractivity contribution in [3.63, 3.8) is 0 Å². The second kappa shape index (κ2) is 8.31. The van der Waals surface area contributed by atoms with Crippen molar-refractivity contribution in [2.75, 3.05) is 5.32 Å². The number of nitrogens with one attached hydrogen (secondary N) is 2. The molecule has 4 N–H and O–H groups in total. The SMILES string of the molecule is CC[C@H](C)[C@H](NC(N)=O)C(=O)Nc1nc(-c2cc(C)c(C)cc2C)cs1. The molecule has 7 heteroatoms. The van der Waals surface area contributed by atoms with Crippen LogP contribution in [0.25, 0.3) is 11.3 Å². The van der Waals surface area contributed by atoms with Gasteiger partial charge in [-0.2, -0.15) is 0 Å². The van der Waals surface area contributed by atoms with Crippen LogP contribution in [-0.2, 0) is 4.79 Å². The van der Waals surface area contributed by atoms with Crippen LogP contribution in [0.5, 0.6) is 0 Å². The highest BCUT2D eigenvalue weighted by atomic mass is 32.1. The van der Waals surface area contributed by atoms with Crippen molar-refractivity contribution in [3.8, 4) is 11.3 Å². The van der Waals surface area contributed by atoms with Crippen LogP contribution in [-0.4, -0.2) is 23.0 Å². The molecule has 6 nitrogen and oxygen atoms in total. The molecule has 140 valence electrons. The predicted octanol–water partition coefficient (Wildman–Crippen LogP) is 3.76. The number of benzene rings is 1. The van der Waals surface area contributed by atoms with E-state index in [9.17, 15) is 9.59 Å². The first-order chi connectivity index (χ1) is 12.2. The average molecular weight is 375 g/mol. The van der Waals surface area contributed by atoms with Crippen molar-refractivity contribution in [2.24, 2.45) is 11.7 Å². The van der Waals surface area contributed by atoms with E-state index in [4.69, 9.17) is 5.73 Å².